The van der Waals surface area contributed by atoms with Crippen molar-refractivity contribution >= 4 is 11.9 Å². The molecule has 7 nitrogen and oxygen atoms in total. The average Bonchev–Trinajstić information content (AvgIpc) is 2.68. The molecular weight excluding hydrogens is 252 g/mol. The first-order chi connectivity index (χ1) is 8.70. The Hall–Kier alpha value is -1.89. The number of carboxylic acid groups (broad SMARTS) is 1. The van der Waals surface area contributed by atoms with E-state index in [4.69, 9.17) is 14.4 Å². The van der Waals surface area contributed by atoms with Gasteiger partial charge in [0.25, 0.3) is 5.91 Å². The number of aliphatic carboxylic acids is 1. The third kappa shape index (κ3) is 4.70. The first kappa shape index (κ1) is 15.2. The van der Waals surface area contributed by atoms with E-state index in [2.05, 4.69) is 10.5 Å². The summed E-state index contributed by atoms with van der Waals surface area (Å²) < 4.78 is 10.1. The highest BCUT2D eigenvalue weighted by molar-refractivity contribution is 5.97. The van der Waals surface area contributed by atoms with Gasteiger partial charge in [0.1, 0.15) is 11.3 Å². The molecule has 1 aromatic rings. The summed E-state index contributed by atoms with van der Waals surface area (Å²) in [6.45, 7) is 6.87. The average molecular weight is 270 g/mol. The second kappa shape index (κ2) is 5.83. The molecule has 1 aromatic heterocycles. The molecule has 1 rings (SSSR count). The van der Waals surface area contributed by atoms with Crippen molar-refractivity contribution in [3.63, 3.8) is 0 Å². The summed E-state index contributed by atoms with van der Waals surface area (Å²) in [5.74, 6) is -1.38. The Morgan fingerprint density at radius 2 is 2.16 bits per heavy atom. The largest absolute Gasteiger partial charge is 0.480 e. The predicted octanol–water partition coefficient (Wildman–Crippen LogP) is 0.981. The molecule has 1 amide bonds. The maximum absolute atomic E-state index is 11.8. The van der Waals surface area contributed by atoms with Gasteiger partial charge in [-0.3, -0.25) is 4.79 Å². The van der Waals surface area contributed by atoms with Crippen LogP contribution in [-0.4, -0.2) is 40.4 Å². The lowest BCUT2D eigenvalue weighted by atomic mass is 10.2. The van der Waals surface area contributed by atoms with E-state index < -0.39 is 23.5 Å². The summed E-state index contributed by atoms with van der Waals surface area (Å²) in [6, 6.07) is -1.12. The molecule has 0 aromatic carbocycles. The molecule has 1 atom stereocenters. The lowest BCUT2D eigenvalue weighted by Gasteiger charge is -2.22. The quantitative estimate of drug-likeness (QED) is 0.827. The molecule has 2 N–H and O–H groups in total. The summed E-state index contributed by atoms with van der Waals surface area (Å²) in [5.41, 5.74) is -0.270. The summed E-state index contributed by atoms with van der Waals surface area (Å²) >= 11 is 0. The lowest BCUT2D eigenvalue weighted by molar-refractivity contribution is -0.142. The van der Waals surface area contributed by atoms with E-state index in [0.717, 1.165) is 0 Å². The van der Waals surface area contributed by atoms with Gasteiger partial charge in [0.15, 0.2) is 6.04 Å². The highest BCUT2D eigenvalue weighted by Gasteiger charge is 2.25. The maximum atomic E-state index is 11.8. The number of amides is 1. The minimum atomic E-state index is -1.16. The van der Waals surface area contributed by atoms with E-state index in [9.17, 15) is 9.59 Å². The van der Waals surface area contributed by atoms with E-state index in [1.165, 1.54) is 6.20 Å². The summed E-state index contributed by atoms with van der Waals surface area (Å²) in [5, 5.41) is 14.9. The molecule has 0 saturated heterocycles. The number of nitrogens with zero attached hydrogens (tertiary/aromatic N) is 1. The van der Waals surface area contributed by atoms with Crippen LogP contribution in [0.4, 0.5) is 0 Å². The molecule has 0 aliphatic rings. The Balaban J connectivity index is 2.67. The molecule has 106 valence electrons. The molecule has 0 fully saturated rings. The second-order valence-electron chi connectivity index (χ2n) is 5.08. The third-order valence-electron chi connectivity index (χ3n) is 2.28. The van der Waals surface area contributed by atoms with Crippen LogP contribution in [0.1, 0.15) is 36.9 Å². The smallest absolute Gasteiger partial charge is 0.328 e. The van der Waals surface area contributed by atoms with Gasteiger partial charge in [-0.2, -0.15) is 0 Å². The van der Waals surface area contributed by atoms with Crippen LogP contribution in [0, 0.1) is 6.92 Å². The van der Waals surface area contributed by atoms with Crippen molar-refractivity contribution in [3.8, 4) is 0 Å². The molecular formula is C12H18N2O5. The van der Waals surface area contributed by atoms with Gasteiger partial charge < -0.3 is 19.7 Å². The van der Waals surface area contributed by atoms with Crippen LogP contribution >= 0.6 is 0 Å². The van der Waals surface area contributed by atoms with E-state index in [0.29, 0.717) is 5.76 Å². The molecule has 0 aliphatic carbocycles. The zero-order valence-corrected chi connectivity index (χ0v) is 11.4. The molecule has 0 unspecified atom stereocenters. The number of nitrogens with one attached hydrogen (secondary N) is 1. The molecule has 0 bridgehead atoms. The van der Waals surface area contributed by atoms with Gasteiger partial charge in [-0.25, -0.2) is 4.79 Å². The zero-order valence-electron chi connectivity index (χ0n) is 11.4. The van der Waals surface area contributed by atoms with Crippen molar-refractivity contribution in [3.05, 3.63) is 17.5 Å². The van der Waals surface area contributed by atoms with Gasteiger partial charge >= 0.3 is 5.97 Å². The number of hydrogen-bond acceptors (Lipinski definition) is 5. The number of carboxylic acids is 1. The standard InChI is InChI=1S/C12H18N2O5/c1-7-8(5-13-19-7)10(15)14-9(11(16)17)6-18-12(2,3)4/h5,9H,6H2,1-4H3,(H,14,15)(H,16,17)/t9-/m0/s1. The highest BCUT2D eigenvalue weighted by Crippen LogP contribution is 2.09. The van der Waals surface area contributed by atoms with Crippen molar-refractivity contribution in [2.24, 2.45) is 0 Å². The highest BCUT2D eigenvalue weighted by atomic mass is 16.5. The number of ether oxygens (including phenoxy) is 1. The Bertz CT molecular complexity index is 461. The molecule has 0 saturated carbocycles. The predicted molar refractivity (Wildman–Crippen MR) is 65.8 cm³/mol. The monoisotopic (exact) mass is 270 g/mol. The summed E-state index contributed by atoms with van der Waals surface area (Å²) in [4.78, 5) is 22.9. The molecule has 0 radical (unpaired) electrons. The Kier molecular flexibility index (Phi) is 4.66. The fourth-order valence-electron chi connectivity index (χ4n) is 1.26. The van der Waals surface area contributed by atoms with Crippen molar-refractivity contribution in [1.82, 2.24) is 10.5 Å². The van der Waals surface area contributed by atoms with E-state index in [1.807, 2.05) is 0 Å². The van der Waals surface area contributed by atoms with Gasteiger partial charge in [-0.15, -0.1) is 0 Å². The Morgan fingerprint density at radius 3 is 2.58 bits per heavy atom. The van der Waals surface area contributed by atoms with Crippen LogP contribution in [0.25, 0.3) is 0 Å². The van der Waals surface area contributed by atoms with Crippen LogP contribution < -0.4 is 5.32 Å². The van der Waals surface area contributed by atoms with Gasteiger partial charge in [-0.05, 0) is 27.7 Å². The number of aromatic nitrogens is 1. The topological polar surface area (TPSA) is 102 Å². The van der Waals surface area contributed by atoms with Crippen molar-refractivity contribution < 1.29 is 24.0 Å². The molecule has 0 aliphatic heterocycles. The van der Waals surface area contributed by atoms with E-state index >= 15 is 0 Å². The first-order valence-electron chi connectivity index (χ1n) is 5.79. The SMILES string of the molecule is Cc1oncc1C(=O)N[C@@H](COC(C)(C)C)C(=O)O. The zero-order chi connectivity index (χ0) is 14.6. The maximum Gasteiger partial charge on any atom is 0.328 e. The molecule has 7 heteroatoms. The van der Waals surface area contributed by atoms with Crippen molar-refractivity contribution in [1.29, 1.82) is 0 Å². The van der Waals surface area contributed by atoms with E-state index in [-0.39, 0.29) is 12.2 Å². The number of aryl methyl sites for hydroxylation is 1. The number of hydrogen-bond donors (Lipinski definition) is 2. The van der Waals surface area contributed by atoms with Crippen LogP contribution in [0.3, 0.4) is 0 Å². The lowest BCUT2D eigenvalue weighted by Crippen LogP contribution is -2.45. The minimum absolute atomic E-state index is 0.116. The minimum Gasteiger partial charge on any atom is -0.480 e. The number of carbonyl (C=O) groups is 2. The van der Waals surface area contributed by atoms with E-state index in [1.54, 1.807) is 27.7 Å². The Morgan fingerprint density at radius 1 is 1.53 bits per heavy atom. The fraction of sp³-hybridized carbons (Fsp3) is 0.583. The summed E-state index contributed by atoms with van der Waals surface area (Å²) in [7, 11) is 0. The van der Waals surface area contributed by atoms with Gasteiger partial charge in [0.05, 0.1) is 18.4 Å². The number of carbonyl (C=O) groups excluding carboxylic acids is 1. The van der Waals surface area contributed by atoms with Crippen molar-refractivity contribution in [2.75, 3.05) is 6.61 Å². The van der Waals surface area contributed by atoms with Crippen LogP contribution in [-0.2, 0) is 9.53 Å². The molecule has 1 heterocycles. The Labute approximate surface area is 110 Å². The van der Waals surface area contributed by atoms with Crippen LogP contribution in [0.15, 0.2) is 10.7 Å². The third-order valence-corrected chi connectivity index (χ3v) is 2.28. The molecule has 0 spiro atoms. The first-order valence-corrected chi connectivity index (χ1v) is 5.79. The van der Waals surface area contributed by atoms with Gasteiger partial charge in [0, 0.05) is 0 Å². The van der Waals surface area contributed by atoms with Gasteiger partial charge in [-0.1, -0.05) is 5.16 Å². The number of rotatable bonds is 5. The van der Waals surface area contributed by atoms with Gasteiger partial charge in [0.2, 0.25) is 0 Å². The normalized spacial score (nSPS) is 13.1. The second-order valence-corrected chi connectivity index (χ2v) is 5.08. The molecule has 19 heavy (non-hydrogen) atoms. The van der Waals surface area contributed by atoms with Crippen LogP contribution in [0.5, 0.6) is 0 Å². The summed E-state index contributed by atoms with van der Waals surface area (Å²) in [6.07, 6.45) is 1.24. The van der Waals surface area contributed by atoms with Crippen molar-refractivity contribution in [2.45, 2.75) is 39.3 Å². The van der Waals surface area contributed by atoms with Crippen LogP contribution in [0.2, 0.25) is 0 Å². The fourth-order valence-corrected chi connectivity index (χ4v) is 1.26.